The molecule has 41 heavy (non-hydrogen) atoms. The van der Waals surface area contributed by atoms with Gasteiger partial charge in [-0.3, -0.25) is 29.4 Å². The van der Waals surface area contributed by atoms with Crippen LogP contribution in [0.2, 0.25) is 10.0 Å². The van der Waals surface area contributed by atoms with Crippen molar-refractivity contribution >= 4 is 46.8 Å². The van der Waals surface area contributed by atoms with Crippen LogP contribution in [0.3, 0.4) is 0 Å². The molecule has 3 aromatic rings. The van der Waals surface area contributed by atoms with E-state index in [9.17, 15) is 19.2 Å². The molecule has 0 radical (unpaired) electrons. The minimum absolute atomic E-state index is 0.0357. The van der Waals surface area contributed by atoms with Crippen molar-refractivity contribution in [1.82, 2.24) is 20.0 Å². The van der Waals surface area contributed by atoms with Crippen molar-refractivity contribution in [3.63, 3.8) is 0 Å². The Hall–Kier alpha value is -3.72. The van der Waals surface area contributed by atoms with Crippen molar-refractivity contribution < 1.29 is 19.2 Å². The number of carbonyl (C=O) groups is 4. The van der Waals surface area contributed by atoms with Gasteiger partial charge in [-0.15, -0.1) is 0 Å². The second kappa shape index (κ2) is 11.3. The number of hydrogen-bond donors (Lipinski definition) is 1. The first-order valence-electron chi connectivity index (χ1n) is 13.6. The molecule has 1 N–H and O–H groups in total. The number of piperazine rings is 1. The number of carbonyl (C=O) groups excluding carboxylic acids is 4. The highest BCUT2D eigenvalue weighted by Gasteiger charge is 2.41. The summed E-state index contributed by atoms with van der Waals surface area (Å²) in [5, 5.41) is 3.65. The molecule has 8 nitrogen and oxygen atoms in total. The van der Waals surface area contributed by atoms with E-state index in [1.807, 2.05) is 54.6 Å². The van der Waals surface area contributed by atoms with Gasteiger partial charge >= 0.3 is 0 Å². The summed E-state index contributed by atoms with van der Waals surface area (Å²) in [7, 11) is 0. The summed E-state index contributed by atoms with van der Waals surface area (Å²) in [6.07, 6.45) is 0.456. The Labute approximate surface area is 247 Å². The molecule has 10 heteroatoms. The molecule has 0 bridgehead atoms. The van der Waals surface area contributed by atoms with Gasteiger partial charge < -0.3 is 9.80 Å². The third-order valence-electron chi connectivity index (χ3n) is 8.12. The minimum Gasteiger partial charge on any atom is -0.336 e. The van der Waals surface area contributed by atoms with Crippen LogP contribution in [0.1, 0.15) is 56.3 Å². The summed E-state index contributed by atoms with van der Waals surface area (Å²) in [6, 6.07) is 20.1. The van der Waals surface area contributed by atoms with Crippen LogP contribution in [0.4, 0.5) is 0 Å². The van der Waals surface area contributed by atoms with Gasteiger partial charge in [-0.1, -0.05) is 59.6 Å². The fourth-order valence-corrected chi connectivity index (χ4v) is 6.30. The SMILES string of the molecule is O=C1CCC(N2Cc3cccc(C(=O)N4CCN(C(c5ccc(Cl)cc5)c5ccc(Cl)cc5)CC4)c3C2=O)C(=O)N1. The minimum atomic E-state index is -0.725. The van der Waals surface area contributed by atoms with Crippen molar-refractivity contribution in [3.05, 3.63) is 105 Å². The van der Waals surface area contributed by atoms with Gasteiger partial charge in [0, 0.05) is 49.2 Å². The van der Waals surface area contributed by atoms with Crippen molar-refractivity contribution in [1.29, 1.82) is 0 Å². The molecule has 3 heterocycles. The number of benzene rings is 3. The molecule has 0 aromatic heterocycles. The van der Waals surface area contributed by atoms with Crippen molar-refractivity contribution in [3.8, 4) is 0 Å². The van der Waals surface area contributed by atoms with Crippen molar-refractivity contribution in [2.24, 2.45) is 0 Å². The fourth-order valence-electron chi connectivity index (χ4n) is 6.05. The van der Waals surface area contributed by atoms with Gasteiger partial charge in [0.25, 0.3) is 11.8 Å². The van der Waals surface area contributed by atoms with Gasteiger partial charge in [0.05, 0.1) is 17.2 Å². The van der Waals surface area contributed by atoms with Crippen LogP contribution in [-0.4, -0.2) is 70.5 Å². The zero-order valence-electron chi connectivity index (χ0n) is 22.2. The molecule has 6 rings (SSSR count). The molecule has 4 amide bonds. The molecule has 210 valence electrons. The summed E-state index contributed by atoms with van der Waals surface area (Å²) in [4.78, 5) is 56.9. The van der Waals surface area contributed by atoms with E-state index in [1.54, 1.807) is 17.0 Å². The van der Waals surface area contributed by atoms with E-state index in [4.69, 9.17) is 23.2 Å². The molecular formula is C31H28Cl2N4O4. The molecule has 1 unspecified atom stereocenters. The van der Waals surface area contributed by atoms with E-state index < -0.39 is 11.9 Å². The average molecular weight is 591 g/mol. The molecule has 3 aliphatic heterocycles. The number of imide groups is 1. The molecule has 1 atom stereocenters. The fraction of sp³-hybridized carbons (Fsp3) is 0.290. The summed E-state index contributed by atoms with van der Waals surface area (Å²) >= 11 is 12.3. The smallest absolute Gasteiger partial charge is 0.256 e. The second-order valence-electron chi connectivity index (χ2n) is 10.6. The quantitative estimate of drug-likeness (QED) is 0.447. The number of nitrogens with one attached hydrogen (secondary N) is 1. The lowest BCUT2D eigenvalue weighted by Gasteiger charge is -2.40. The monoisotopic (exact) mass is 590 g/mol. The second-order valence-corrected chi connectivity index (χ2v) is 11.4. The van der Waals surface area contributed by atoms with Gasteiger partial charge in [0.2, 0.25) is 11.8 Å². The highest BCUT2D eigenvalue weighted by Crippen LogP contribution is 2.33. The number of rotatable bonds is 5. The Morgan fingerprint density at radius 2 is 1.44 bits per heavy atom. The maximum atomic E-state index is 13.8. The molecule has 2 fully saturated rings. The largest absolute Gasteiger partial charge is 0.336 e. The van der Waals surface area contributed by atoms with Gasteiger partial charge in [-0.25, -0.2) is 0 Å². The van der Waals surface area contributed by atoms with Crippen LogP contribution in [0.5, 0.6) is 0 Å². The number of amides is 4. The van der Waals surface area contributed by atoms with E-state index in [1.165, 1.54) is 4.90 Å². The van der Waals surface area contributed by atoms with E-state index >= 15 is 0 Å². The Bertz CT molecular complexity index is 1470. The van der Waals surface area contributed by atoms with Gasteiger partial charge in [-0.05, 0) is 53.4 Å². The lowest BCUT2D eigenvalue weighted by atomic mass is 9.96. The van der Waals surface area contributed by atoms with Crippen molar-refractivity contribution in [2.75, 3.05) is 26.2 Å². The van der Waals surface area contributed by atoms with Crippen LogP contribution < -0.4 is 5.32 Å². The molecular weight excluding hydrogens is 563 g/mol. The summed E-state index contributed by atoms with van der Waals surface area (Å²) in [6.45, 7) is 2.48. The topological polar surface area (TPSA) is 90.0 Å². The zero-order chi connectivity index (χ0) is 28.7. The lowest BCUT2D eigenvalue weighted by Crippen LogP contribution is -2.52. The molecule has 0 saturated carbocycles. The predicted molar refractivity (Wildman–Crippen MR) is 155 cm³/mol. The summed E-state index contributed by atoms with van der Waals surface area (Å²) in [5.74, 6) is -1.35. The number of halogens is 2. The maximum absolute atomic E-state index is 13.8. The Morgan fingerprint density at radius 1 is 0.829 bits per heavy atom. The summed E-state index contributed by atoms with van der Waals surface area (Å²) < 4.78 is 0. The summed E-state index contributed by atoms with van der Waals surface area (Å²) in [5.41, 5.74) is 3.61. The van der Waals surface area contributed by atoms with E-state index in [0.29, 0.717) is 47.4 Å². The Balaban J connectivity index is 1.19. The highest BCUT2D eigenvalue weighted by atomic mass is 35.5. The number of nitrogens with zero attached hydrogens (tertiary/aromatic N) is 3. The zero-order valence-corrected chi connectivity index (χ0v) is 23.7. The third kappa shape index (κ3) is 5.35. The van der Waals surface area contributed by atoms with Crippen molar-refractivity contribution in [2.45, 2.75) is 31.5 Å². The number of piperidine rings is 1. The highest BCUT2D eigenvalue weighted by molar-refractivity contribution is 6.30. The maximum Gasteiger partial charge on any atom is 0.256 e. The Morgan fingerprint density at radius 3 is 2.02 bits per heavy atom. The van der Waals surface area contributed by atoms with E-state index in [0.717, 1.165) is 16.7 Å². The van der Waals surface area contributed by atoms with E-state index in [2.05, 4.69) is 10.2 Å². The lowest BCUT2D eigenvalue weighted by molar-refractivity contribution is -0.136. The first kappa shape index (κ1) is 27.4. The predicted octanol–water partition coefficient (Wildman–Crippen LogP) is 4.30. The third-order valence-corrected chi connectivity index (χ3v) is 8.62. The van der Waals surface area contributed by atoms with E-state index in [-0.39, 0.29) is 43.1 Å². The number of hydrogen-bond acceptors (Lipinski definition) is 5. The molecule has 3 aromatic carbocycles. The molecule has 2 saturated heterocycles. The van der Waals surface area contributed by atoms with Crippen LogP contribution in [0.15, 0.2) is 66.7 Å². The first-order valence-corrected chi connectivity index (χ1v) is 14.4. The molecule has 0 spiro atoms. The molecule has 0 aliphatic carbocycles. The standard InChI is InChI=1S/C31H28Cl2N4O4/c32-22-8-4-19(5-9-22)28(20-6-10-23(33)11-7-20)35-14-16-36(17-15-35)30(40)24-3-1-2-21-18-37(31(41)27(21)24)25-12-13-26(38)34-29(25)39/h1-11,25,28H,12-18H2,(H,34,38,39). The van der Waals surface area contributed by atoms with Crippen LogP contribution in [0.25, 0.3) is 0 Å². The van der Waals surface area contributed by atoms with Crippen LogP contribution >= 0.6 is 23.2 Å². The molecule has 3 aliphatic rings. The van der Waals surface area contributed by atoms with Crippen LogP contribution in [0, 0.1) is 0 Å². The van der Waals surface area contributed by atoms with Gasteiger partial charge in [0.15, 0.2) is 0 Å². The van der Waals surface area contributed by atoms with Gasteiger partial charge in [-0.2, -0.15) is 0 Å². The first-order chi connectivity index (χ1) is 19.8. The number of fused-ring (bicyclic) bond motifs is 1. The normalized spacial score (nSPS) is 19.5. The Kier molecular flexibility index (Phi) is 7.55. The van der Waals surface area contributed by atoms with Gasteiger partial charge in [0.1, 0.15) is 6.04 Å². The average Bonchev–Trinajstić information content (AvgIpc) is 3.31. The van der Waals surface area contributed by atoms with Crippen LogP contribution in [-0.2, 0) is 16.1 Å².